The van der Waals surface area contributed by atoms with Crippen LogP contribution >= 0.6 is 0 Å². The molecule has 0 aliphatic carbocycles. The Bertz CT molecular complexity index is 492. The monoisotopic (exact) mass is 228 g/mol. The van der Waals surface area contributed by atoms with Gasteiger partial charge in [-0.05, 0) is 29.7 Å². The van der Waals surface area contributed by atoms with Gasteiger partial charge in [0.15, 0.2) is 0 Å². The Kier molecular flexibility index (Phi) is 3.45. The van der Waals surface area contributed by atoms with E-state index in [1.165, 1.54) is 0 Å². The van der Waals surface area contributed by atoms with Gasteiger partial charge in [-0.15, -0.1) is 0 Å². The van der Waals surface area contributed by atoms with Crippen molar-refractivity contribution in [3.63, 3.8) is 0 Å². The summed E-state index contributed by atoms with van der Waals surface area (Å²) in [5.74, 6) is 0.138. The van der Waals surface area contributed by atoms with Crippen LogP contribution in [-0.2, 0) is 6.42 Å². The minimum atomic E-state index is -0.775. The molecule has 0 fully saturated rings. The summed E-state index contributed by atoms with van der Waals surface area (Å²) < 4.78 is 0. The van der Waals surface area contributed by atoms with Crippen LogP contribution in [0, 0.1) is 0 Å². The van der Waals surface area contributed by atoms with Crippen LogP contribution < -0.4 is 0 Å². The lowest BCUT2D eigenvalue weighted by atomic mass is 9.98. The Morgan fingerprint density at radius 1 is 1.06 bits per heavy atom. The van der Waals surface area contributed by atoms with Crippen molar-refractivity contribution in [3.05, 3.63) is 65.2 Å². The largest absolute Gasteiger partial charge is 0.508 e. The van der Waals surface area contributed by atoms with Crippen molar-refractivity contribution in [1.82, 2.24) is 0 Å². The minimum Gasteiger partial charge on any atom is -0.508 e. The Hall–Kier alpha value is -1.80. The van der Waals surface area contributed by atoms with Crippen molar-refractivity contribution in [2.24, 2.45) is 0 Å². The molecule has 2 N–H and O–H groups in total. The van der Waals surface area contributed by atoms with Gasteiger partial charge in [0.1, 0.15) is 11.9 Å². The van der Waals surface area contributed by atoms with Crippen molar-refractivity contribution >= 4 is 0 Å². The number of hydrogen-bond acceptors (Lipinski definition) is 2. The minimum absolute atomic E-state index is 0.138. The molecule has 2 nitrogen and oxygen atoms in total. The van der Waals surface area contributed by atoms with Gasteiger partial charge in [-0.25, -0.2) is 0 Å². The van der Waals surface area contributed by atoms with Crippen LogP contribution in [0.3, 0.4) is 0 Å². The summed E-state index contributed by atoms with van der Waals surface area (Å²) in [6, 6.07) is 14.7. The highest BCUT2D eigenvalue weighted by atomic mass is 16.3. The predicted octanol–water partition coefficient (Wildman–Crippen LogP) is 3.04. The van der Waals surface area contributed by atoms with Gasteiger partial charge >= 0.3 is 0 Å². The lowest BCUT2D eigenvalue weighted by molar-refractivity contribution is 0.215. The molecule has 0 bridgehead atoms. The van der Waals surface area contributed by atoms with E-state index < -0.39 is 6.10 Å². The second kappa shape index (κ2) is 5.02. The topological polar surface area (TPSA) is 40.5 Å². The highest BCUT2D eigenvalue weighted by Gasteiger charge is 2.14. The summed E-state index contributed by atoms with van der Waals surface area (Å²) in [5, 5.41) is 20.0. The molecule has 0 radical (unpaired) electrons. The third-order valence-corrected chi connectivity index (χ3v) is 2.91. The highest BCUT2D eigenvalue weighted by molar-refractivity contribution is 5.41. The summed E-state index contributed by atoms with van der Waals surface area (Å²) in [7, 11) is 0. The van der Waals surface area contributed by atoms with Crippen molar-refractivity contribution < 1.29 is 10.2 Å². The van der Waals surface area contributed by atoms with Crippen LogP contribution in [0.4, 0.5) is 0 Å². The molecule has 2 aromatic carbocycles. The van der Waals surface area contributed by atoms with Gasteiger partial charge in [-0.2, -0.15) is 0 Å². The first-order valence-electron chi connectivity index (χ1n) is 5.77. The van der Waals surface area contributed by atoms with E-state index in [9.17, 15) is 10.2 Å². The Morgan fingerprint density at radius 3 is 2.41 bits per heavy atom. The van der Waals surface area contributed by atoms with Gasteiger partial charge in [0, 0.05) is 5.56 Å². The number of aliphatic hydroxyl groups is 1. The van der Waals surface area contributed by atoms with Crippen molar-refractivity contribution in [2.75, 3.05) is 0 Å². The first-order chi connectivity index (χ1) is 8.22. The fourth-order valence-electron chi connectivity index (χ4n) is 1.86. The highest BCUT2D eigenvalue weighted by Crippen LogP contribution is 2.30. The van der Waals surface area contributed by atoms with Crippen LogP contribution in [0.2, 0.25) is 0 Å². The molecule has 0 saturated carbocycles. The van der Waals surface area contributed by atoms with Gasteiger partial charge in [-0.1, -0.05) is 43.3 Å². The molecule has 1 unspecified atom stereocenters. The van der Waals surface area contributed by atoms with Gasteiger partial charge in [-0.3, -0.25) is 0 Å². The van der Waals surface area contributed by atoms with Crippen LogP contribution in [0.25, 0.3) is 0 Å². The van der Waals surface area contributed by atoms with Gasteiger partial charge in [0.2, 0.25) is 0 Å². The maximum atomic E-state index is 10.2. The third-order valence-electron chi connectivity index (χ3n) is 2.91. The van der Waals surface area contributed by atoms with Crippen LogP contribution in [0.5, 0.6) is 5.75 Å². The van der Waals surface area contributed by atoms with Crippen molar-refractivity contribution in [3.8, 4) is 5.75 Å². The molecule has 1 atom stereocenters. The molecule has 0 spiro atoms. The number of aryl methyl sites for hydroxylation is 1. The first-order valence-corrected chi connectivity index (χ1v) is 5.77. The van der Waals surface area contributed by atoms with Gasteiger partial charge in [0.25, 0.3) is 0 Å². The molecule has 0 aliphatic rings. The number of phenolic OH excluding ortho intramolecular Hbond substituents is 1. The second-order valence-corrected chi connectivity index (χ2v) is 4.06. The second-order valence-electron chi connectivity index (χ2n) is 4.06. The van der Waals surface area contributed by atoms with Gasteiger partial charge < -0.3 is 10.2 Å². The molecule has 2 rings (SSSR count). The number of aromatic hydroxyl groups is 1. The SMILES string of the molecule is CCc1ccc(O)c(C(O)c2ccccc2)c1. The van der Waals surface area contributed by atoms with E-state index in [1.54, 1.807) is 6.07 Å². The number of hydrogen-bond donors (Lipinski definition) is 2. The fourth-order valence-corrected chi connectivity index (χ4v) is 1.86. The number of aliphatic hydroxyl groups excluding tert-OH is 1. The quantitative estimate of drug-likeness (QED) is 0.847. The zero-order valence-corrected chi connectivity index (χ0v) is 9.80. The lowest BCUT2D eigenvalue weighted by Crippen LogP contribution is -2.00. The Labute approximate surface area is 101 Å². The molecule has 0 aromatic heterocycles. The molecule has 0 heterocycles. The van der Waals surface area contributed by atoms with E-state index in [0.29, 0.717) is 5.56 Å². The molecular formula is C15H16O2. The summed E-state index contributed by atoms with van der Waals surface area (Å²) in [6.45, 7) is 2.05. The maximum absolute atomic E-state index is 10.2. The lowest BCUT2D eigenvalue weighted by Gasteiger charge is -2.14. The van der Waals surface area contributed by atoms with Crippen molar-refractivity contribution in [1.29, 1.82) is 0 Å². The first kappa shape index (κ1) is 11.7. The Balaban J connectivity index is 2.40. The molecule has 0 aliphatic heterocycles. The summed E-state index contributed by atoms with van der Waals surface area (Å²) >= 11 is 0. The van der Waals surface area contributed by atoms with E-state index in [2.05, 4.69) is 0 Å². The predicted molar refractivity (Wildman–Crippen MR) is 68.0 cm³/mol. The Morgan fingerprint density at radius 2 is 1.76 bits per heavy atom. The van der Waals surface area contributed by atoms with Crippen molar-refractivity contribution in [2.45, 2.75) is 19.4 Å². The van der Waals surface area contributed by atoms with E-state index >= 15 is 0 Å². The van der Waals surface area contributed by atoms with E-state index in [4.69, 9.17) is 0 Å². The fraction of sp³-hybridized carbons (Fsp3) is 0.200. The van der Waals surface area contributed by atoms with E-state index in [0.717, 1.165) is 17.5 Å². The number of rotatable bonds is 3. The average molecular weight is 228 g/mol. The van der Waals surface area contributed by atoms with Crippen LogP contribution in [0.1, 0.15) is 29.7 Å². The van der Waals surface area contributed by atoms with E-state index in [1.807, 2.05) is 49.4 Å². The zero-order valence-electron chi connectivity index (χ0n) is 9.80. The smallest absolute Gasteiger partial charge is 0.121 e. The molecule has 2 aromatic rings. The molecule has 88 valence electrons. The average Bonchev–Trinajstić information content (AvgIpc) is 2.39. The van der Waals surface area contributed by atoms with Gasteiger partial charge in [0.05, 0.1) is 0 Å². The molecule has 0 saturated heterocycles. The zero-order chi connectivity index (χ0) is 12.3. The summed E-state index contributed by atoms with van der Waals surface area (Å²) in [4.78, 5) is 0. The standard InChI is InChI=1S/C15H16O2/c1-2-11-8-9-14(16)13(10-11)15(17)12-6-4-3-5-7-12/h3-10,15-17H,2H2,1H3. The number of phenols is 1. The third kappa shape index (κ3) is 2.48. The molecule has 2 heteroatoms. The summed E-state index contributed by atoms with van der Waals surface area (Å²) in [5.41, 5.74) is 2.46. The van der Waals surface area contributed by atoms with Crippen LogP contribution in [-0.4, -0.2) is 10.2 Å². The van der Waals surface area contributed by atoms with Crippen LogP contribution in [0.15, 0.2) is 48.5 Å². The van der Waals surface area contributed by atoms with E-state index in [-0.39, 0.29) is 5.75 Å². The maximum Gasteiger partial charge on any atom is 0.121 e. The molecule has 0 amide bonds. The normalized spacial score (nSPS) is 12.4. The molecule has 17 heavy (non-hydrogen) atoms. The molecular weight excluding hydrogens is 212 g/mol. The number of benzene rings is 2. The summed E-state index contributed by atoms with van der Waals surface area (Å²) in [6.07, 6.45) is 0.108.